The second-order valence-corrected chi connectivity index (χ2v) is 8.21. The standard InChI is InChI=1S/C21H23Cl2FN2O2S/c1-3-25-21(28)14(2)26(11-15-7-9-16(24)10-8-15)20(27)13-29-12-17-18(22)5-4-6-19(17)23/h4-10,14H,3,11-13H2,1-2H3,(H,25,28). The minimum atomic E-state index is -0.656. The number of hydrogen-bond donors (Lipinski definition) is 1. The fourth-order valence-corrected chi connectivity index (χ4v) is 4.33. The second kappa shape index (κ2) is 11.4. The molecule has 0 saturated carbocycles. The third-order valence-corrected chi connectivity index (χ3v) is 5.97. The Labute approximate surface area is 184 Å². The number of carbonyl (C=O) groups is 2. The quantitative estimate of drug-likeness (QED) is 0.582. The third-order valence-electron chi connectivity index (χ3n) is 4.32. The maximum Gasteiger partial charge on any atom is 0.242 e. The third kappa shape index (κ3) is 6.91. The van der Waals surface area contributed by atoms with Crippen molar-refractivity contribution in [2.24, 2.45) is 0 Å². The summed E-state index contributed by atoms with van der Waals surface area (Å²) in [5, 5.41) is 3.84. The number of nitrogens with zero attached hydrogens (tertiary/aromatic N) is 1. The van der Waals surface area contributed by atoms with Crippen LogP contribution in [-0.2, 0) is 21.9 Å². The molecule has 0 aromatic heterocycles. The number of halogens is 3. The number of nitrogens with one attached hydrogen (secondary N) is 1. The van der Waals surface area contributed by atoms with E-state index in [4.69, 9.17) is 23.2 Å². The first kappa shape index (κ1) is 23.5. The van der Waals surface area contributed by atoms with Gasteiger partial charge in [0, 0.05) is 28.9 Å². The summed E-state index contributed by atoms with van der Waals surface area (Å²) >= 11 is 13.7. The molecule has 2 aromatic carbocycles. The summed E-state index contributed by atoms with van der Waals surface area (Å²) < 4.78 is 13.2. The van der Waals surface area contributed by atoms with E-state index in [-0.39, 0.29) is 29.9 Å². The van der Waals surface area contributed by atoms with Crippen LogP contribution in [0.4, 0.5) is 4.39 Å². The molecule has 0 bridgehead atoms. The van der Waals surface area contributed by atoms with Crippen molar-refractivity contribution in [3.63, 3.8) is 0 Å². The lowest BCUT2D eigenvalue weighted by Gasteiger charge is -2.28. The molecule has 156 valence electrons. The summed E-state index contributed by atoms with van der Waals surface area (Å²) in [5.74, 6) is -0.143. The molecule has 1 atom stereocenters. The zero-order chi connectivity index (χ0) is 21.4. The topological polar surface area (TPSA) is 49.4 Å². The summed E-state index contributed by atoms with van der Waals surface area (Å²) in [6.45, 7) is 4.19. The zero-order valence-electron chi connectivity index (χ0n) is 16.3. The van der Waals surface area contributed by atoms with E-state index in [0.29, 0.717) is 22.3 Å². The average molecular weight is 457 g/mol. The van der Waals surface area contributed by atoms with E-state index in [1.807, 2.05) is 6.92 Å². The lowest BCUT2D eigenvalue weighted by Crippen LogP contribution is -2.48. The molecular formula is C21H23Cl2FN2O2S. The van der Waals surface area contributed by atoms with Gasteiger partial charge in [-0.25, -0.2) is 4.39 Å². The van der Waals surface area contributed by atoms with E-state index >= 15 is 0 Å². The Kier molecular flexibility index (Phi) is 9.27. The van der Waals surface area contributed by atoms with Crippen molar-refractivity contribution in [3.8, 4) is 0 Å². The Balaban J connectivity index is 2.08. The number of thioether (sulfide) groups is 1. The molecular weight excluding hydrogens is 434 g/mol. The highest BCUT2D eigenvalue weighted by atomic mass is 35.5. The van der Waals surface area contributed by atoms with Gasteiger partial charge >= 0.3 is 0 Å². The van der Waals surface area contributed by atoms with Gasteiger partial charge in [0.25, 0.3) is 0 Å². The molecule has 0 aliphatic rings. The summed E-state index contributed by atoms with van der Waals surface area (Å²) in [7, 11) is 0. The normalized spacial score (nSPS) is 11.8. The van der Waals surface area contributed by atoms with E-state index in [1.54, 1.807) is 37.3 Å². The van der Waals surface area contributed by atoms with Crippen molar-refractivity contribution >= 4 is 46.8 Å². The number of carbonyl (C=O) groups excluding carboxylic acids is 2. The molecule has 0 aliphatic heterocycles. The van der Waals surface area contributed by atoms with Gasteiger partial charge in [0.1, 0.15) is 11.9 Å². The SMILES string of the molecule is CCNC(=O)C(C)N(Cc1ccc(F)cc1)C(=O)CSCc1c(Cl)cccc1Cl. The van der Waals surface area contributed by atoms with Gasteiger partial charge in [-0.2, -0.15) is 0 Å². The van der Waals surface area contributed by atoms with E-state index in [1.165, 1.54) is 28.8 Å². The minimum absolute atomic E-state index is 0.159. The monoisotopic (exact) mass is 456 g/mol. The van der Waals surface area contributed by atoms with Crippen LogP contribution in [0.5, 0.6) is 0 Å². The first-order valence-corrected chi connectivity index (χ1v) is 11.1. The fourth-order valence-electron chi connectivity index (χ4n) is 2.68. The van der Waals surface area contributed by atoms with E-state index in [0.717, 1.165) is 11.1 Å². The molecule has 29 heavy (non-hydrogen) atoms. The Hall–Kier alpha value is -1.76. The van der Waals surface area contributed by atoms with Crippen LogP contribution in [-0.4, -0.2) is 35.1 Å². The number of hydrogen-bond acceptors (Lipinski definition) is 3. The predicted octanol–water partition coefficient (Wildman–Crippen LogP) is 4.92. The fraction of sp³-hybridized carbons (Fsp3) is 0.333. The van der Waals surface area contributed by atoms with Gasteiger partial charge in [-0.15, -0.1) is 11.8 Å². The maximum absolute atomic E-state index is 13.2. The zero-order valence-corrected chi connectivity index (χ0v) is 18.6. The van der Waals surface area contributed by atoms with E-state index < -0.39 is 6.04 Å². The molecule has 4 nitrogen and oxygen atoms in total. The van der Waals surface area contributed by atoms with Gasteiger partial charge in [0.05, 0.1) is 5.75 Å². The Morgan fingerprint density at radius 1 is 1.14 bits per heavy atom. The summed E-state index contributed by atoms with van der Waals surface area (Å²) in [6.07, 6.45) is 0. The highest BCUT2D eigenvalue weighted by molar-refractivity contribution is 7.99. The number of likely N-dealkylation sites (N-methyl/N-ethyl adjacent to an activating group) is 1. The van der Waals surface area contributed by atoms with E-state index in [2.05, 4.69) is 5.32 Å². The van der Waals surface area contributed by atoms with Crippen LogP contribution in [0, 0.1) is 5.82 Å². The Morgan fingerprint density at radius 3 is 2.34 bits per heavy atom. The van der Waals surface area contributed by atoms with Crippen molar-refractivity contribution in [2.75, 3.05) is 12.3 Å². The lowest BCUT2D eigenvalue weighted by atomic mass is 10.1. The van der Waals surface area contributed by atoms with Gasteiger partial charge < -0.3 is 10.2 Å². The Bertz CT molecular complexity index is 829. The van der Waals surface area contributed by atoms with Gasteiger partial charge in [0.2, 0.25) is 11.8 Å². The van der Waals surface area contributed by atoms with Crippen LogP contribution in [0.15, 0.2) is 42.5 Å². The molecule has 0 heterocycles. The molecule has 2 rings (SSSR count). The van der Waals surface area contributed by atoms with Crippen molar-refractivity contribution in [2.45, 2.75) is 32.2 Å². The van der Waals surface area contributed by atoms with Crippen molar-refractivity contribution < 1.29 is 14.0 Å². The molecule has 1 N–H and O–H groups in total. The van der Waals surface area contributed by atoms with Gasteiger partial charge in [-0.05, 0) is 49.2 Å². The molecule has 2 aromatic rings. The molecule has 0 radical (unpaired) electrons. The first-order valence-electron chi connectivity index (χ1n) is 9.15. The van der Waals surface area contributed by atoms with Gasteiger partial charge in [-0.3, -0.25) is 9.59 Å². The molecule has 0 fully saturated rings. The molecule has 1 unspecified atom stereocenters. The minimum Gasteiger partial charge on any atom is -0.355 e. The van der Waals surface area contributed by atoms with Crippen molar-refractivity contribution in [1.29, 1.82) is 0 Å². The molecule has 0 aliphatic carbocycles. The van der Waals surface area contributed by atoms with Gasteiger partial charge in [0.15, 0.2) is 0 Å². The largest absolute Gasteiger partial charge is 0.355 e. The van der Waals surface area contributed by atoms with Crippen LogP contribution in [0.2, 0.25) is 10.0 Å². The molecule has 2 amide bonds. The van der Waals surface area contributed by atoms with Crippen LogP contribution in [0.3, 0.4) is 0 Å². The van der Waals surface area contributed by atoms with Gasteiger partial charge in [-0.1, -0.05) is 41.4 Å². The maximum atomic E-state index is 13.2. The highest BCUT2D eigenvalue weighted by Crippen LogP contribution is 2.28. The number of benzene rings is 2. The summed E-state index contributed by atoms with van der Waals surface area (Å²) in [6, 6.07) is 10.5. The predicted molar refractivity (Wildman–Crippen MR) is 118 cm³/mol. The lowest BCUT2D eigenvalue weighted by molar-refractivity contribution is -0.138. The molecule has 0 spiro atoms. The summed E-state index contributed by atoms with van der Waals surface area (Å²) in [4.78, 5) is 26.7. The second-order valence-electron chi connectivity index (χ2n) is 6.41. The number of amides is 2. The Morgan fingerprint density at radius 2 is 1.76 bits per heavy atom. The molecule has 8 heteroatoms. The molecule has 0 saturated heterocycles. The van der Waals surface area contributed by atoms with Crippen LogP contribution >= 0.6 is 35.0 Å². The van der Waals surface area contributed by atoms with Crippen LogP contribution < -0.4 is 5.32 Å². The average Bonchev–Trinajstić information content (AvgIpc) is 2.69. The summed E-state index contributed by atoms with van der Waals surface area (Å²) in [5.41, 5.74) is 1.52. The van der Waals surface area contributed by atoms with E-state index in [9.17, 15) is 14.0 Å². The van der Waals surface area contributed by atoms with Crippen molar-refractivity contribution in [3.05, 3.63) is 69.5 Å². The highest BCUT2D eigenvalue weighted by Gasteiger charge is 2.25. The van der Waals surface area contributed by atoms with Crippen LogP contribution in [0.1, 0.15) is 25.0 Å². The van der Waals surface area contributed by atoms with Crippen LogP contribution in [0.25, 0.3) is 0 Å². The first-order chi connectivity index (χ1) is 13.8. The smallest absolute Gasteiger partial charge is 0.242 e. The van der Waals surface area contributed by atoms with Crippen molar-refractivity contribution in [1.82, 2.24) is 10.2 Å². The number of rotatable bonds is 9.